The van der Waals surface area contributed by atoms with Crippen LogP contribution in [-0.4, -0.2) is 26.3 Å². The summed E-state index contributed by atoms with van der Waals surface area (Å²) in [5, 5.41) is 7.74. The Labute approximate surface area is 109 Å². The van der Waals surface area contributed by atoms with Gasteiger partial charge in [-0.2, -0.15) is 10.1 Å². The molecule has 8 heteroatoms. The first-order chi connectivity index (χ1) is 8.69. The molecule has 2 aromatic rings. The van der Waals surface area contributed by atoms with Crippen LogP contribution in [0.1, 0.15) is 5.56 Å². The first kappa shape index (κ1) is 12.6. The third-order valence-corrected chi connectivity index (χ3v) is 2.55. The van der Waals surface area contributed by atoms with Crippen LogP contribution in [-0.2, 0) is 6.54 Å². The Morgan fingerprint density at radius 2 is 2.28 bits per heavy atom. The van der Waals surface area contributed by atoms with Crippen molar-refractivity contribution >= 4 is 23.4 Å². The molecule has 96 valence electrons. The van der Waals surface area contributed by atoms with Crippen molar-refractivity contribution in [3.8, 4) is 0 Å². The van der Waals surface area contributed by atoms with Gasteiger partial charge in [0.2, 0.25) is 5.95 Å². The van der Waals surface area contributed by atoms with Crippen molar-refractivity contribution in [1.82, 2.24) is 19.7 Å². The number of nitrogens with one attached hydrogen (secondary N) is 2. The Morgan fingerprint density at radius 1 is 1.44 bits per heavy atom. The minimum atomic E-state index is 0.317. The first-order valence-corrected chi connectivity index (χ1v) is 5.79. The van der Waals surface area contributed by atoms with Gasteiger partial charge in [0.05, 0.1) is 18.9 Å². The number of rotatable bonds is 5. The summed E-state index contributed by atoms with van der Waals surface area (Å²) < 4.78 is 1.85. The predicted molar refractivity (Wildman–Crippen MR) is 70.3 cm³/mol. The molecule has 18 heavy (non-hydrogen) atoms. The molecule has 0 aliphatic heterocycles. The molecule has 0 bridgehead atoms. The van der Waals surface area contributed by atoms with E-state index < -0.39 is 0 Å². The summed E-state index contributed by atoms with van der Waals surface area (Å²) in [5.41, 5.74) is 3.50. The second-order valence-electron chi connectivity index (χ2n) is 3.74. The molecule has 0 spiro atoms. The monoisotopic (exact) mass is 267 g/mol. The number of aromatic nitrogens is 4. The van der Waals surface area contributed by atoms with Crippen molar-refractivity contribution in [2.45, 2.75) is 13.5 Å². The van der Waals surface area contributed by atoms with Gasteiger partial charge < -0.3 is 5.32 Å². The SMILES string of the molecule is Cc1cnn(CCNc2nc(NN)ncc2Cl)c1. The molecule has 0 aliphatic carbocycles. The van der Waals surface area contributed by atoms with Gasteiger partial charge in [0.1, 0.15) is 5.02 Å². The molecule has 2 aromatic heterocycles. The number of nitrogen functional groups attached to an aromatic ring is 1. The minimum Gasteiger partial charge on any atom is -0.367 e. The van der Waals surface area contributed by atoms with E-state index in [1.54, 1.807) is 0 Å². The quantitative estimate of drug-likeness (QED) is 0.553. The standard InChI is InChI=1S/C10H14ClN7/c1-7-4-15-18(6-7)3-2-13-9-8(11)5-14-10(16-9)17-12/h4-6H,2-3,12H2,1H3,(H2,13,14,16,17). The Hall–Kier alpha value is -1.86. The number of halogens is 1. The Kier molecular flexibility index (Phi) is 3.96. The van der Waals surface area contributed by atoms with Crippen molar-refractivity contribution in [2.75, 3.05) is 17.3 Å². The van der Waals surface area contributed by atoms with Gasteiger partial charge >= 0.3 is 0 Å². The van der Waals surface area contributed by atoms with Crippen LogP contribution in [0.2, 0.25) is 5.02 Å². The summed E-state index contributed by atoms with van der Waals surface area (Å²) in [5.74, 6) is 6.09. The van der Waals surface area contributed by atoms with Gasteiger partial charge in [-0.15, -0.1) is 0 Å². The number of hydrogen-bond acceptors (Lipinski definition) is 6. The zero-order valence-corrected chi connectivity index (χ0v) is 10.6. The molecule has 7 nitrogen and oxygen atoms in total. The highest BCUT2D eigenvalue weighted by Gasteiger charge is 2.04. The fraction of sp³-hybridized carbons (Fsp3) is 0.300. The van der Waals surface area contributed by atoms with E-state index in [1.807, 2.05) is 24.0 Å². The lowest BCUT2D eigenvalue weighted by atomic mass is 10.4. The minimum absolute atomic E-state index is 0.317. The summed E-state index contributed by atoms with van der Waals surface area (Å²) >= 11 is 5.96. The van der Waals surface area contributed by atoms with Gasteiger partial charge in [0, 0.05) is 12.7 Å². The number of nitrogens with two attached hydrogens (primary N) is 1. The summed E-state index contributed by atoms with van der Waals surface area (Å²) in [6, 6.07) is 0. The number of hydrogen-bond donors (Lipinski definition) is 3. The maximum absolute atomic E-state index is 5.96. The van der Waals surface area contributed by atoms with E-state index in [9.17, 15) is 0 Å². The number of hydrazine groups is 1. The van der Waals surface area contributed by atoms with Gasteiger partial charge in [-0.25, -0.2) is 10.8 Å². The molecule has 0 saturated carbocycles. The third kappa shape index (κ3) is 3.08. The summed E-state index contributed by atoms with van der Waals surface area (Å²) in [7, 11) is 0. The molecule has 4 N–H and O–H groups in total. The molecule has 0 aromatic carbocycles. The van der Waals surface area contributed by atoms with Gasteiger partial charge in [-0.3, -0.25) is 10.1 Å². The van der Waals surface area contributed by atoms with Crippen molar-refractivity contribution in [3.63, 3.8) is 0 Å². The molecular weight excluding hydrogens is 254 g/mol. The Morgan fingerprint density at radius 3 is 2.94 bits per heavy atom. The van der Waals surface area contributed by atoms with E-state index in [0.717, 1.165) is 12.1 Å². The van der Waals surface area contributed by atoms with Crippen LogP contribution in [0, 0.1) is 6.92 Å². The van der Waals surface area contributed by atoms with Crippen LogP contribution in [0.5, 0.6) is 0 Å². The normalized spacial score (nSPS) is 10.4. The number of aryl methyl sites for hydroxylation is 1. The zero-order valence-electron chi connectivity index (χ0n) is 9.89. The smallest absolute Gasteiger partial charge is 0.239 e. The molecule has 0 aliphatic rings. The molecule has 0 radical (unpaired) electrons. The first-order valence-electron chi connectivity index (χ1n) is 5.41. The highest BCUT2D eigenvalue weighted by molar-refractivity contribution is 6.32. The second kappa shape index (κ2) is 5.65. The summed E-state index contributed by atoms with van der Waals surface area (Å²) in [4.78, 5) is 8.00. The average Bonchev–Trinajstić information content (AvgIpc) is 2.77. The predicted octanol–water partition coefficient (Wildman–Crippen LogP) is 1.03. The van der Waals surface area contributed by atoms with Gasteiger partial charge in [0.15, 0.2) is 5.82 Å². The third-order valence-electron chi connectivity index (χ3n) is 2.27. The van der Waals surface area contributed by atoms with E-state index in [0.29, 0.717) is 23.3 Å². The second-order valence-corrected chi connectivity index (χ2v) is 4.15. The molecule has 2 heterocycles. The molecule has 0 atom stereocenters. The van der Waals surface area contributed by atoms with Crippen LogP contribution >= 0.6 is 11.6 Å². The highest BCUT2D eigenvalue weighted by Crippen LogP contribution is 2.18. The van der Waals surface area contributed by atoms with E-state index in [-0.39, 0.29) is 0 Å². The lowest BCUT2D eigenvalue weighted by molar-refractivity contribution is 0.636. The molecule has 2 rings (SSSR count). The van der Waals surface area contributed by atoms with Crippen LogP contribution in [0.4, 0.5) is 11.8 Å². The van der Waals surface area contributed by atoms with Gasteiger partial charge in [0.25, 0.3) is 0 Å². The van der Waals surface area contributed by atoms with E-state index in [2.05, 4.69) is 25.8 Å². The molecular formula is C10H14ClN7. The molecule has 0 fully saturated rings. The maximum atomic E-state index is 5.96. The fourth-order valence-electron chi connectivity index (χ4n) is 1.44. The summed E-state index contributed by atoms with van der Waals surface area (Å²) in [6.07, 6.45) is 5.27. The van der Waals surface area contributed by atoms with Crippen LogP contribution in [0.3, 0.4) is 0 Å². The maximum Gasteiger partial charge on any atom is 0.239 e. The Balaban J connectivity index is 1.93. The largest absolute Gasteiger partial charge is 0.367 e. The van der Waals surface area contributed by atoms with E-state index in [1.165, 1.54) is 6.20 Å². The topological polar surface area (TPSA) is 93.7 Å². The van der Waals surface area contributed by atoms with Crippen molar-refractivity contribution in [1.29, 1.82) is 0 Å². The lowest BCUT2D eigenvalue weighted by Gasteiger charge is -2.08. The van der Waals surface area contributed by atoms with Crippen LogP contribution < -0.4 is 16.6 Å². The van der Waals surface area contributed by atoms with Gasteiger partial charge in [-0.1, -0.05) is 11.6 Å². The van der Waals surface area contributed by atoms with Crippen molar-refractivity contribution < 1.29 is 0 Å². The molecule has 0 amide bonds. The van der Waals surface area contributed by atoms with Crippen molar-refractivity contribution in [3.05, 3.63) is 29.2 Å². The highest BCUT2D eigenvalue weighted by atomic mass is 35.5. The number of anilines is 2. The zero-order chi connectivity index (χ0) is 13.0. The van der Waals surface area contributed by atoms with Gasteiger partial charge in [-0.05, 0) is 12.5 Å². The lowest BCUT2D eigenvalue weighted by Crippen LogP contribution is -2.15. The Bertz CT molecular complexity index is 525. The van der Waals surface area contributed by atoms with E-state index >= 15 is 0 Å². The average molecular weight is 268 g/mol. The summed E-state index contributed by atoms with van der Waals surface area (Å²) in [6.45, 7) is 3.37. The van der Waals surface area contributed by atoms with Crippen LogP contribution in [0.15, 0.2) is 18.6 Å². The fourth-order valence-corrected chi connectivity index (χ4v) is 1.60. The molecule has 0 saturated heterocycles. The van der Waals surface area contributed by atoms with E-state index in [4.69, 9.17) is 17.4 Å². The number of nitrogens with zero attached hydrogens (tertiary/aromatic N) is 4. The van der Waals surface area contributed by atoms with Crippen molar-refractivity contribution in [2.24, 2.45) is 5.84 Å². The van der Waals surface area contributed by atoms with Crippen LogP contribution in [0.25, 0.3) is 0 Å². The molecule has 0 unspecified atom stereocenters.